The first kappa shape index (κ1) is 19.2. The van der Waals surface area contributed by atoms with E-state index in [1.54, 1.807) is 16.9 Å². The number of nitrogens with one attached hydrogen (secondary N) is 1. The van der Waals surface area contributed by atoms with E-state index >= 15 is 0 Å². The number of aromatic nitrogens is 2. The molecule has 1 N–H and O–H groups in total. The SMILES string of the molecule is CCn1cc(S(=O)(=O)N2CCNCC2c2ccccc2Cl)cn1.Cl. The molecule has 3 rings (SSSR count). The highest BCUT2D eigenvalue weighted by molar-refractivity contribution is 7.89. The highest BCUT2D eigenvalue weighted by Crippen LogP contribution is 2.32. The van der Waals surface area contributed by atoms with E-state index in [1.165, 1.54) is 10.5 Å². The fourth-order valence-corrected chi connectivity index (χ4v) is 4.59. The third kappa shape index (κ3) is 3.60. The second-order valence-electron chi connectivity index (χ2n) is 5.39. The Balaban J connectivity index is 0.00000208. The van der Waals surface area contributed by atoms with Gasteiger partial charge in [-0.05, 0) is 18.6 Å². The van der Waals surface area contributed by atoms with E-state index in [2.05, 4.69) is 10.4 Å². The summed E-state index contributed by atoms with van der Waals surface area (Å²) in [5.74, 6) is 0. The third-order valence-electron chi connectivity index (χ3n) is 4.00. The van der Waals surface area contributed by atoms with Gasteiger partial charge in [0.15, 0.2) is 0 Å². The molecule has 1 atom stereocenters. The van der Waals surface area contributed by atoms with Crippen LogP contribution in [0.4, 0.5) is 0 Å². The van der Waals surface area contributed by atoms with Crippen molar-refractivity contribution in [2.24, 2.45) is 0 Å². The Morgan fingerprint density at radius 1 is 1.38 bits per heavy atom. The molecule has 1 unspecified atom stereocenters. The van der Waals surface area contributed by atoms with Gasteiger partial charge in [-0.15, -0.1) is 12.4 Å². The normalized spacial score (nSPS) is 19.0. The van der Waals surface area contributed by atoms with Crippen LogP contribution in [-0.2, 0) is 16.6 Å². The van der Waals surface area contributed by atoms with Gasteiger partial charge in [0.05, 0.1) is 12.2 Å². The lowest BCUT2D eigenvalue weighted by Crippen LogP contribution is -2.48. The van der Waals surface area contributed by atoms with E-state index in [1.807, 2.05) is 25.1 Å². The monoisotopic (exact) mass is 390 g/mol. The topological polar surface area (TPSA) is 67.2 Å². The lowest BCUT2D eigenvalue weighted by Gasteiger charge is -2.35. The fourth-order valence-electron chi connectivity index (χ4n) is 2.77. The summed E-state index contributed by atoms with van der Waals surface area (Å²) in [6, 6.07) is 7.04. The smallest absolute Gasteiger partial charge is 0.246 e. The first-order valence-corrected chi connectivity index (χ1v) is 9.35. The van der Waals surface area contributed by atoms with Crippen LogP contribution in [0.2, 0.25) is 5.02 Å². The number of sulfonamides is 1. The van der Waals surface area contributed by atoms with Crippen LogP contribution >= 0.6 is 24.0 Å². The molecular weight excluding hydrogens is 371 g/mol. The number of hydrogen-bond donors (Lipinski definition) is 1. The average molecular weight is 391 g/mol. The van der Waals surface area contributed by atoms with Gasteiger partial charge in [0, 0.05) is 37.4 Å². The molecule has 6 nitrogen and oxygen atoms in total. The van der Waals surface area contributed by atoms with Crippen LogP contribution in [-0.4, -0.2) is 42.1 Å². The van der Waals surface area contributed by atoms with E-state index in [9.17, 15) is 8.42 Å². The number of aryl methyl sites for hydroxylation is 1. The van der Waals surface area contributed by atoms with Crippen molar-refractivity contribution in [2.75, 3.05) is 19.6 Å². The zero-order valence-electron chi connectivity index (χ0n) is 13.2. The molecule has 0 amide bonds. The maximum absolute atomic E-state index is 13.0. The molecular formula is C15H20Cl2N4O2S. The number of piperazine rings is 1. The molecule has 9 heteroatoms. The van der Waals surface area contributed by atoms with Crippen LogP contribution in [0.5, 0.6) is 0 Å². The minimum atomic E-state index is -3.61. The van der Waals surface area contributed by atoms with Crippen LogP contribution < -0.4 is 5.32 Å². The van der Waals surface area contributed by atoms with Crippen molar-refractivity contribution in [3.63, 3.8) is 0 Å². The quantitative estimate of drug-likeness (QED) is 0.869. The first-order valence-electron chi connectivity index (χ1n) is 7.53. The van der Waals surface area contributed by atoms with Gasteiger partial charge in [-0.25, -0.2) is 8.42 Å². The van der Waals surface area contributed by atoms with Gasteiger partial charge in [-0.1, -0.05) is 29.8 Å². The number of halogens is 2. The molecule has 1 aliphatic heterocycles. The molecule has 24 heavy (non-hydrogen) atoms. The average Bonchev–Trinajstić information content (AvgIpc) is 3.05. The second-order valence-corrected chi connectivity index (χ2v) is 7.69. The molecule has 0 aliphatic carbocycles. The van der Waals surface area contributed by atoms with Crippen LogP contribution in [0.1, 0.15) is 18.5 Å². The molecule has 0 saturated carbocycles. The third-order valence-corrected chi connectivity index (χ3v) is 6.20. The summed E-state index contributed by atoms with van der Waals surface area (Å²) in [6.45, 7) is 4.09. The van der Waals surface area contributed by atoms with E-state index in [4.69, 9.17) is 11.6 Å². The summed E-state index contributed by atoms with van der Waals surface area (Å²) in [5.41, 5.74) is 0.813. The summed E-state index contributed by atoms with van der Waals surface area (Å²) >= 11 is 6.28. The number of benzene rings is 1. The van der Waals surface area contributed by atoms with Crippen LogP contribution in [0.25, 0.3) is 0 Å². The minimum Gasteiger partial charge on any atom is -0.313 e. The number of rotatable bonds is 4. The lowest BCUT2D eigenvalue weighted by atomic mass is 10.1. The maximum atomic E-state index is 13.0. The van der Waals surface area contributed by atoms with Crippen molar-refractivity contribution in [3.8, 4) is 0 Å². The molecule has 0 spiro atoms. The van der Waals surface area contributed by atoms with Crippen LogP contribution in [0, 0.1) is 0 Å². The van der Waals surface area contributed by atoms with E-state index < -0.39 is 10.0 Å². The second kappa shape index (κ2) is 7.84. The van der Waals surface area contributed by atoms with E-state index in [0.29, 0.717) is 31.2 Å². The van der Waals surface area contributed by atoms with E-state index in [0.717, 1.165) is 5.56 Å². The molecule has 1 saturated heterocycles. The Morgan fingerprint density at radius 3 is 2.79 bits per heavy atom. The zero-order valence-corrected chi connectivity index (χ0v) is 15.6. The molecule has 1 aromatic carbocycles. The van der Waals surface area contributed by atoms with Crippen molar-refractivity contribution >= 4 is 34.0 Å². The van der Waals surface area contributed by atoms with Gasteiger partial charge >= 0.3 is 0 Å². The Kier molecular flexibility index (Phi) is 6.28. The van der Waals surface area contributed by atoms with Gasteiger partial charge < -0.3 is 5.32 Å². The standard InChI is InChI=1S/C15H19ClN4O2S.ClH/c1-2-19-11-12(9-18-19)23(21,22)20-8-7-17-10-15(20)13-5-3-4-6-14(13)16;/h3-6,9,11,15,17H,2,7-8,10H2,1H3;1H. The molecule has 132 valence electrons. The molecule has 2 aromatic rings. The lowest BCUT2D eigenvalue weighted by molar-refractivity contribution is 0.271. The Hall–Kier alpha value is -1.12. The van der Waals surface area contributed by atoms with Crippen LogP contribution in [0.15, 0.2) is 41.6 Å². The van der Waals surface area contributed by atoms with Crippen LogP contribution in [0.3, 0.4) is 0 Å². The van der Waals surface area contributed by atoms with Crippen molar-refractivity contribution in [1.82, 2.24) is 19.4 Å². The predicted molar refractivity (Wildman–Crippen MR) is 96.1 cm³/mol. The predicted octanol–water partition coefficient (Wildman–Crippen LogP) is 2.31. The highest BCUT2D eigenvalue weighted by atomic mass is 35.5. The number of nitrogens with zero attached hydrogens (tertiary/aromatic N) is 3. The van der Waals surface area contributed by atoms with Crippen molar-refractivity contribution in [2.45, 2.75) is 24.4 Å². The Bertz CT molecular complexity index is 794. The summed E-state index contributed by atoms with van der Waals surface area (Å²) < 4.78 is 29.2. The molecule has 0 bridgehead atoms. The molecule has 1 aromatic heterocycles. The molecule has 2 heterocycles. The van der Waals surface area contributed by atoms with Gasteiger partial charge in [-0.2, -0.15) is 9.40 Å². The summed E-state index contributed by atoms with van der Waals surface area (Å²) in [7, 11) is -3.61. The van der Waals surface area contributed by atoms with E-state index in [-0.39, 0.29) is 23.3 Å². The van der Waals surface area contributed by atoms with Crippen molar-refractivity contribution in [3.05, 3.63) is 47.2 Å². The Labute approximate surface area is 153 Å². The fraction of sp³-hybridized carbons (Fsp3) is 0.400. The molecule has 0 radical (unpaired) electrons. The van der Waals surface area contributed by atoms with Crippen molar-refractivity contribution in [1.29, 1.82) is 0 Å². The largest absolute Gasteiger partial charge is 0.313 e. The van der Waals surface area contributed by atoms with Crippen molar-refractivity contribution < 1.29 is 8.42 Å². The number of hydrogen-bond acceptors (Lipinski definition) is 4. The first-order chi connectivity index (χ1) is 11.0. The summed E-state index contributed by atoms with van der Waals surface area (Å²) in [4.78, 5) is 0.221. The van der Waals surface area contributed by atoms with Gasteiger partial charge in [0.25, 0.3) is 0 Å². The summed E-state index contributed by atoms with van der Waals surface area (Å²) in [6.07, 6.45) is 2.98. The maximum Gasteiger partial charge on any atom is 0.246 e. The molecule has 1 fully saturated rings. The molecule has 1 aliphatic rings. The zero-order chi connectivity index (χ0) is 16.4. The van der Waals surface area contributed by atoms with Gasteiger partial charge in [0.2, 0.25) is 10.0 Å². The Morgan fingerprint density at radius 2 is 2.12 bits per heavy atom. The minimum absolute atomic E-state index is 0. The van der Waals surface area contributed by atoms with Gasteiger partial charge in [0.1, 0.15) is 4.90 Å². The van der Waals surface area contributed by atoms with Gasteiger partial charge in [-0.3, -0.25) is 4.68 Å². The highest BCUT2D eigenvalue weighted by Gasteiger charge is 2.35. The summed E-state index contributed by atoms with van der Waals surface area (Å²) in [5, 5.41) is 7.90.